The molecule has 2 nitrogen and oxygen atoms in total. The maximum atomic E-state index is 6.14. The van der Waals surface area contributed by atoms with Crippen LogP contribution in [0.25, 0.3) is 0 Å². The number of thioether (sulfide) groups is 2. The molecule has 94 valence electrons. The molecule has 2 aliphatic rings. The predicted molar refractivity (Wildman–Crippen MR) is 76.4 cm³/mol. The van der Waals surface area contributed by atoms with E-state index in [1.54, 1.807) is 0 Å². The molecule has 0 amide bonds. The Morgan fingerprint density at radius 3 is 2.56 bits per heavy atom. The zero-order valence-electron chi connectivity index (χ0n) is 10.6. The number of nitrogens with zero attached hydrogens (tertiary/aromatic N) is 1. The van der Waals surface area contributed by atoms with E-state index in [1.165, 1.54) is 24.5 Å². The molecule has 2 heterocycles. The van der Waals surface area contributed by atoms with Gasteiger partial charge in [-0.3, -0.25) is 4.90 Å². The maximum absolute atomic E-state index is 6.14. The Morgan fingerprint density at radius 1 is 1.25 bits per heavy atom. The first kappa shape index (κ1) is 13.1. The van der Waals surface area contributed by atoms with Crippen molar-refractivity contribution in [3.63, 3.8) is 0 Å². The molecule has 16 heavy (non-hydrogen) atoms. The van der Waals surface area contributed by atoms with Crippen LogP contribution in [0.2, 0.25) is 0 Å². The number of hydrogen-bond donors (Lipinski definition) is 1. The summed E-state index contributed by atoms with van der Waals surface area (Å²) in [6.07, 6.45) is 1.27. The largest absolute Gasteiger partial charge is 0.329 e. The Bertz CT molecular complexity index is 249. The molecule has 2 rings (SSSR count). The first-order valence-electron chi connectivity index (χ1n) is 6.32. The molecular weight excluding hydrogens is 236 g/mol. The number of nitrogens with two attached hydrogens (primary N) is 1. The molecule has 0 aliphatic carbocycles. The maximum Gasteiger partial charge on any atom is 0.0458 e. The van der Waals surface area contributed by atoms with Crippen molar-refractivity contribution in [2.45, 2.75) is 49.3 Å². The first-order chi connectivity index (χ1) is 7.62. The van der Waals surface area contributed by atoms with Crippen molar-refractivity contribution in [3.8, 4) is 0 Å². The van der Waals surface area contributed by atoms with Crippen molar-refractivity contribution in [2.24, 2.45) is 5.73 Å². The Kier molecular flexibility index (Phi) is 4.15. The summed E-state index contributed by atoms with van der Waals surface area (Å²) in [6, 6.07) is 0.670. The van der Waals surface area contributed by atoms with Crippen LogP contribution in [0.1, 0.15) is 27.2 Å². The highest BCUT2D eigenvalue weighted by Gasteiger charge is 2.47. The number of hydrogen-bond acceptors (Lipinski definition) is 4. The average molecular weight is 260 g/mol. The SMILES string of the molecule is CC1SCCN(C2(CN)CCSC2C)C1C. The zero-order chi connectivity index (χ0) is 11.8. The third-order valence-corrected chi connectivity index (χ3v) is 7.19. The molecule has 4 unspecified atom stereocenters. The van der Waals surface area contributed by atoms with Gasteiger partial charge in [-0.05, 0) is 19.1 Å². The van der Waals surface area contributed by atoms with E-state index in [4.69, 9.17) is 5.73 Å². The summed E-state index contributed by atoms with van der Waals surface area (Å²) in [5.41, 5.74) is 6.41. The lowest BCUT2D eigenvalue weighted by Crippen LogP contribution is -2.63. The highest BCUT2D eigenvalue weighted by Crippen LogP contribution is 2.43. The van der Waals surface area contributed by atoms with Crippen LogP contribution < -0.4 is 5.73 Å². The van der Waals surface area contributed by atoms with Crippen molar-refractivity contribution in [1.82, 2.24) is 4.90 Å². The molecule has 0 aromatic carbocycles. The normalized spacial score (nSPS) is 46.1. The van der Waals surface area contributed by atoms with Crippen LogP contribution in [-0.4, -0.2) is 51.6 Å². The van der Waals surface area contributed by atoms with Crippen LogP contribution in [0.4, 0.5) is 0 Å². The molecule has 2 fully saturated rings. The Morgan fingerprint density at radius 2 is 2.00 bits per heavy atom. The first-order valence-corrected chi connectivity index (χ1v) is 8.41. The van der Waals surface area contributed by atoms with E-state index in [0.717, 1.165) is 11.8 Å². The molecule has 4 heteroatoms. The second-order valence-electron chi connectivity index (χ2n) is 5.08. The second kappa shape index (κ2) is 5.09. The smallest absolute Gasteiger partial charge is 0.0458 e. The molecule has 0 bridgehead atoms. The average Bonchev–Trinajstić information content (AvgIpc) is 2.65. The lowest BCUT2D eigenvalue weighted by Gasteiger charge is -2.50. The summed E-state index contributed by atoms with van der Waals surface area (Å²) in [5.74, 6) is 2.55. The fourth-order valence-corrected chi connectivity index (χ4v) is 5.68. The molecule has 0 aromatic heterocycles. The number of rotatable bonds is 2. The fourth-order valence-electron chi connectivity index (χ4n) is 3.09. The predicted octanol–water partition coefficient (Wildman–Crippen LogP) is 2.04. The highest BCUT2D eigenvalue weighted by atomic mass is 32.2. The van der Waals surface area contributed by atoms with Gasteiger partial charge in [-0.2, -0.15) is 23.5 Å². The molecule has 0 radical (unpaired) electrons. The molecule has 2 saturated heterocycles. The lowest BCUT2D eigenvalue weighted by molar-refractivity contribution is 0.0607. The van der Waals surface area contributed by atoms with Gasteiger partial charge < -0.3 is 5.73 Å². The van der Waals surface area contributed by atoms with Crippen molar-refractivity contribution in [3.05, 3.63) is 0 Å². The van der Waals surface area contributed by atoms with Crippen LogP contribution in [0.15, 0.2) is 0 Å². The van der Waals surface area contributed by atoms with Gasteiger partial charge in [0.2, 0.25) is 0 Å². The van der Waals surface area contributed by atoms with E-state index in [9.17, 15) is 0 Å². The minimum atomic E-state index is 0.277. The van der Waals surface area contributed by atoms with Crippen molar-refractivity contribution >= 4 is 23.5 Å². The Hall–Kier alpha value is 0.620. The van der Waals surface area contributed by atoms with Gasteiger partial charge in [-0.1, -0.05) is 13.8 Å². The van der Waals surface area contributed by atoms with Crippen LogP contribution in [0, 0.1) is 0 Å². The van der Waals surface area contributed by atoms with Gasteiger partial charge >= 0.3 is 0 Å². The van der Waals surface area contributed by atoms with Gasteiger partial charge in [0.25, 0.3) is 0 Å². The fraction of sp³-hybridized carbons (Fsp3) is 1.00. The molecule has 2 aliphatic heterocycles. The quantitative estimate of drug-likeness (QED) is 0.823. The Balaban J connectivity index is 2.20. The summed E-state index contributed by atoms with van der Waals surface area (Å²) in [7, 11) is 0. The molecule has 0 spiro atoms. The Labute approximate surface area is 108 Å². The molecule has 0 saturated carbocycles. The van der Waals surface area contributed by atoms with Crippen molar-refractivity contribution < 1.29 is 0 Å². The molecule has 0 aromatic rings. The van der Waals surface area contributed by atoms with Gasteiger partial charge in [0.1, 0.15) is 0 Å². The van der Waals surface area contributed by atoms with Crippen molar-refractivity contribution in [1.29, 1.82) is 0 Å². The summed E-state index contributed by atoms with van der Waals surface area (Å²) in [6.45, 7) is 9.15. The van der Waals surface area contributed by atoms with Crippen LogP contribution in [0.5, 0.6) is 0 Å². The summed E-state index contributed by atoms with van der Waals surface area (Å²) >= 11 is 4.21. The summed E-state index contributed by atoms with van der Waals surface area (Å²) in [5, 5.41) is 1.44. The lowest BCUT2D eigenvalue weighted by atomic mass is 9.88. The minimum absolute atomic E-state index is 0.277. The van der Waals surface area contributed by atoms with Crippen LogP contribution in [0.3, 0.4) is 0 Å². The van der Waals surface area contributed by atoms with Crippen molar-refractivity contribution in [2.75, 3.05) is 24.6 Å². The van der Waals surface area contributed by atoms with Gasteiger partial charge in [-0.15, -0.1) is 0 Å². The van der Waals surface area contributed by atoms with Crippen LogP contribution >= 0.6 is 23.5 Å². The third-order valence-electron chi connectivity index (χ3n) is 4.47. The summed E-state index contributed by atoms with van der Waals surface area (Å²) in [4.78, 5) is 2.72. The zero-order valence-corrected chi connectivity index (χ0v) is 12.2. The minimum Gasteiger partial charge on any atom is -0.329 e. The molecule has 4 atom stereocenters. The van der Waals surface area contributed by atoms with Gasteiger partial charge in [0.05, 0.1) is 0 Å². The third kappa shape index (κ3) is 2.02. The standard InChI is InChI=1S/C12H24N2S2/c1-9-10(2)15-7-5-14(9)12(8-13)4-6-16-11(12)3/h9-11H,4-8,13H2,1-3H3. The van der Waals surface area contributed by atoms with Gasteiger partial charge in [0, 0.05) is 40.9 Å². The second-order valence-corrected chi connectivity index (χ2v) is 8.01. The van der Waals surface area contributed by atoms with E-state index in [-0.39, 0.29) is 5.54 Å². The monoisotopic (exact) mass is 260 g/mol. The summed E-state index contributed by atoms with van der Waals surface area (Å²) < 4.78 is 0. The van der Waals surface area contributed by atoms with E-state index in [1.807, 2.05) is 0 Å². The van der Waals surface area contributed by atoms with E-state index < -0.39 is 0 Å². The van der Waals surface area contributed by atoms with E-state index in [0.29, 0.717) is 11.3 Å². The van der Waals surface area contributed by atoms with Crippen LogP contribution in [-0.2, 0) is 0 Å². The van der Waals surface area contributed by atoms with Gasteiger partial charge in [-0.25, -0.2) is 0 Å². The molecular formula is C12H24N2S2. The van der Waals surface area contributed by atoms with Gasteiger partial charge in [0.15, 0.2) is 0 Å². The highest BCUT2D eigenvalue weighted by molar-refractivity contribution is 8.00. The molecule has 2 N–H and O–H groups in total. The van der Waals surface area contributed by atoms with E-state index in [2.05, 4.69) is 49.2 Å². The van der Waals surface area contributed by atoms with E-state index >= 15 is 0 Å². The topological polar surface area (TPSA) is 29.3 Å².